The maximum Gasteiger partial charge on any atom is 0.214 e. The van der Waals surface area contributed by atoms with Crippen LogP contribution in [0.25, 0.3) is 0 Å². The summed E-state index contributed by atoms with van der Waals surface area (Å²) >= 11 is 0. The van der Waals surface area contributed by atoms with E-state index in [0.29, 0.717) is 26.1 Å². The second kappa shape index (κ2) is 6.98. The lowest BCUT2D eigenvalue weighted by Crippen LogP contribution is -2.60. The van der Waals surface area contributed by atoms with E-state index < -0.39 is 25.9 Å². The predicted octanol–water partition coefficient (Wildman–Crippen LogP) is 0.131. The number of imidazole rings is 1. The summed E-state index contributed by atoms with van der Waals surface area (Å²) in [5, 5.41) is 0. The van der Waals surface area contributed by atoms with Crippen molar-refractivity contribution in [2.24, 2.45) is 0 Å². The Morgan fingerprint density at radius 2 is 2.00 bits per heavy atom. The average Bonchev–Trinajstić information content (AvgIpc) is 3.07. The van der Waals surface area contributed by atoms with Gasteiger partial charge >= 0.3 is 0 Å². The average molecular weight is 391 g/mol. The summed E-state index contributed by atoms with van der Waals surface area (Å²) in [6.45, 7) is 5.27. The number of rotatable bonds is 6. The van der Waals surface area contributed by atoms with E-state index in [1.165, 1.54) is 4.31 Å². The van der Waals surface area contributed by atoms with Gasteiger partial charge in [-0.25, -0.2) is 21.8 Å². The summed E-state index contributed by atoms with van der Waals surface area (Å²) in [7, 11) is -6.66. The van der Waals surface area contributed by atoms with Gasteiger partial charge < -0.3 is 4.98 Å². The van der Waals surface area contributed by atoms with Crippen molar-refractivity contribution in [2.75, 3.05) is 30.3 Å². The van der Waals surface area contributed by atoms with Gasteiger partial charge in [0.1, 0.15) is 0 Å². The molecule has 142 valence electrons. The number of aryl methyl sites for hydroxylation is 1. The van der Waals surface area contributed by atoms with Crippen molar-refractivity contribution in [3.63, 3.8) is 0 Å². The number of H-pyrrole nitrogens is 1. The first-order valence-electron chi connectivity index (χ1n) is 8.66. The van der Waals surface area contributed by atoms with Crippen LogP contribution in [0.5, 0.6) is 0 Å². The molecule has 8 nitrogen and oxygen atoms in total. The number of nitrogens with zero attached hydrogens (tertiary/aromatic N) is 3. The van der Waals surface area contributed by atoms with Crippen LogP contribution in [0.3, 0.4) is 0 Å². The Bertz CT molecular complexity index is 818. The molecule has 2 atom stereocenters. The summed E-state index contributed by atoms with van der Waals surface area (Å²) in [5.41, 5.74) is 1.83. The number of piperazine rings is 1. The maximum absolute atomic E-state index is 12.7. The van der Waals surface area contributed by atoms with Crippen molar-refractivity contribution in [1.29, 1.82) is 0 Å². The molecule has 0 unspecified atom stereocenters. The Hall–Kier alpha value is -0.970. The highest BCUT2D eigenvalue weighted by molar-refractivity contribution is 7.92. The molecule has 0 spiro atoms. The van der Waals surface area contributed by atoms with Crippen molar-refractivity contribution < 1.29 is 16.8 Å². The van der Waals surface area contributed by atoms with E-state index in [9.17, 15) is 16.8 Å². The van der Waals surface area contributed by atoms with E-state index in [0.717, 1.165) is 17.8 Å². The monoisotopic (exact) mass is 390 g/mol. The van der Waals surface area contributed by atoms with Gasteiger partial charge in [0.05, 0.1) is 35.3 Å². The predicted molar refractivity (Wildman–Crippen MR) is 95.4 cm³/mol. The zero-order valence-corrected chi connectivity index (χ0v) is 16.3. The number of fused-ring (bicyclic) bond motifs is 1. The molecule has 2 fully saturated rings. The van der Waals surface area contributed by atoms with E-state index in [4.69, 9.17) is 0 Å². The molecule has 0 saturated carbocycles. The largest absolute Gasteiger partial charge is 0.348 e. The van der Waals surface area contributed by atoms with Gasteiger partial charge in [0.15, 0.2) is 9.84 Å². The minimum absolute atomic E-state index is 0.0148. The van der Waals surface area contributed by atoms with Crippen LogP contribution in [-0.2, 0) is 26.4 Å². The SMILES string of the molecule is CCCCS(=O)(=O)N1CCN(Cc2nc[nH]c2C)[C@H]2CS(=O)(=O)C[C@H]21. The fourth-order valence-corrected chi connectivity index (χ4v) is 7.70. The van der Waals surface area contributed by atoms with Gasteiger partial charge in [-0.15, -0.1) is 0 Å². The summed E-state index contributed by atoms with van der Waals surface area (Å²) < 4.78 is 51.2. The van der Waals surface area contributed by atoms with Gasteiger partial charge in [0.2, 0.25) is 10.0 Å². The number of sulfonamides is 1. The summed E-state index contributed by atoms with van der Waals surface area (Å²) in [4.78, 5) is 9.39. The fraction of sp³-hybridized carbons (Fsp3) is 0.800. The lowest BCUT2D eigenvalue weighted by atomic mass is 10.1. The minimum Gasteiger partial charge on any atom is -0.348 e. The highest BCUT2D eigenvalue weighted by atomic mass is 32.2. The normalized spacial score (nSPS) is 27.4. The Kier molecular flexibility index (Phi) is 5.25. The lowest BCUT2D eigenvalue weighted by Gasteiger charge is -2.42. The number of nitrogens with one attached hydrogen (secondary N) is 1. The maximum atomic E-state index is 12.7. The Morgan fingerprint density at radius 1 is 1.28 bits per heavy atom. The molecule has 25 heavy (non-hydrogen) atoms. The molecule has 1 N–H and O–H groups in total. The van der Waals surface area contributed by atoms with Crippen LogP contribution < -0.4 is 0 Å². The highest BCUT2D eigenvalue weighted by Gasteiger charge is 2.49. The van der Waals surface area contributed by atoms with Crippen molar-refractivity contribution >= 4 is 19.9 Å². The molecule has 0 bridgehead atoms. The van der Waals surface area contributed by atoms with Crippen LogP contribution in [0.2, 0.25) is 0 Å². The Balaban J connectivity index is 1.83. The first-order chi connectivity index (χ1) is 11.7. The van der Waals surface area contributed by atoms with Gasteiger partial charge in [-0.2, -0.15) is 4.31 Å². The zero-order chi connectivity index (χ0) is 18.2. The van der Waals surface area contributed by atoms with E-state index in [2.05, 4.69) is 14.9 Å². The van der Waals surface area contributed by atoms with Crippen molar-refractivity contribution in [3.8, 4) is 0 Å². The fourth-order valence-electron chi connectivity index (χ4n) is 3.72. The first kappa shape index (κ1) is 18.8. The molecule has 0 aromatic carbocycles. The topological polar surface area (TPSA) is 103 Å². The lowest BCUT2D eigenvalue weighted by molar-refractivity contribution is 0.0879. The zero-order valence-electron chi connectivity index (χ0n) is 14.7. The van der Waals surface area contributed by atoms with E-state index in [1.807, 2.05) is 13.8 Å². The third-order valence-electron chi connectivity index (χ3n) is 5.14. The third kappa shape index (κ3) is 3.91. The highest BCUT2D eigenvalue weighted by Crippen LogP contribution is 2.30. The number of sulfone groups is 1. The smallest absolute Gasteiger partial charge is 0.214 e. The standard InChI is InChI=1S/C15H26N4O4S2/c1-3-4-7-25(22,23)19-6-5-18(8-13-12(2)16-11-17-13)14-9-24(20,21)10-15(14)19/h11,14-15H,3-10H2,1-2H3,(H,16,17)/t14-,15+/m0/s1. The number of hydrogen-bond donors (Lipinski definition) is 1. The van der Waals surface area contributed by atoms with Crippen LogP contribution in [0.1, 0.15) is 31.2 Å². The quantitative estimate of drug-likeness (QED) is 0.741. The molecule has 2 aliphatic rings. The number of hydrogen-bond acceptors (Lipinski definition) is 6. The molecule has 0 aliphatic carbocycles. The van der Waals surface area contributed by atoms with E-state index in [1.54, 1.807) is 6.33 Å². The van der Waals surface area contributed by atoms with Crippen molar-refractivity contribution in [3.05, 3.63) is 17.7 Å². The molecule has 0 radical (unpaired) electrons. The Labute approximate surface area is 149 Å². The number of aromatic nitrogens is 2. The number of aromatic amines is 1. The van der Waals surface area contributed by atoms with Gasteiger partial charge in [0, 0.05) is 31.4 Å². The van der Waals surface area contributed by atoms with Gasteiger partial charge in [0.25, 0.3) is 0 Å². The van der Waals surface area contributed by atoms with Crippen LogP contribution in [-0.4, -0.2) is 78.4 Å². The molecule has 1 aromatic heterocycles. The summed E-state index contributed by atoms with van der Waals surface area (Å²) in [6, 6.07) is -0.786. The van der Waals surface area contributed by atoms with Crippen LogP contribution in [0, 0.1) is 6.92 Å². The molecule has 10 heteroatoms. The van der Waals surface area contributed by atoms with E-state index >= 15 is 0 Å². The molecule has 2 saturated heterocycles. The van der Waals surface area contributed by atoms with E-state index in [-0.39, 0.29) is 23.3 Å². The third-order valence-corrected chi connectivity index (χ3v) is 8.81. The summed E-state index contributed by atoms with van der Waals surface area (Å²) in [5.74, 6) is 0.0191. The second-order valence-corrected chi connectivity index (χ2v) is 11.1. The Morgan fingerprint density at radius 3 is 2.64 bits per heavy atom. The van der Waals surface area contributed by atoms with Crippen LogP contribution >= 0.6 is 0 Å². The molecular weight excluding hydrogens is 364 g/mol. The first-order valence-corrected chi connectivity index (χ1v) is 12.1. The molecule has 3 rings (SSSR count). The summed E-state index contributed by atoms with van der Waals surface area (Å²) in [6.07, 6.45) is 3.02. The van der Waals surface area contributed by atoms with Crippen LogP contribution in [0.15, 0.2) is 6.33 Å². The van der Waals surface area contributed by atoms with Crippen LogP contribution in [0.4, 0.5) is 0 Å². The van der Waals surface area contributed by atoms with Crippen molar-refractivity contribution in [2.45, 2.75) is 45.3 Å². The van der Waals surface area contributed by atoms with Gasteiger partial charge in [-0.1, -0.05) is 13.3 Å². The molecule has 3 heterocycles. The minimum atomic E-state index is -3.42. The molecule has 2 aliphatic heterocycles. The number of unbranched alkanes of at least 4 members (excludes halogenated alkanes) is 1. The molecular formula is C15H26N4O4S2. The molecule has 1 aromatic rings. The van der Waals surface area contributed by atoms with Gasteiger partial charge in [-0.05, 0) is 13.3 Å². The van der Waals surface area contributed by atoms with Crippen molar-refractivity contribution in [1.82, 2.24) is 19.2 Å². The molecule has 0 amide bonds. The second-order valence-electron chi connectivity index (χ2n) is 6.94. The van der Waals surface area contributed by atoms with Gasteiger partial charge in [-0.3, -0.25) is 4.90 Å².